The fourth-order valence-corrected chi connectivity index (χ4v) is 3.08. The van der Waals surface area contributed by atoms with Crippen molar-refractivity contribution < 1.29 is 0 Å². The smallest absolute Gasteiger partial charge is 0.223 e. The van der Waals surface area contributed by atoms with Crippen LogP contribution in [0.4, 0.5) is 5.95 Å². The molecule has 0 atom stereocenters. The summed E-state index contributed by atoms with van der Waals surface area (Å²) in [4.78, 5) is 13.3. The third kappa shape index (κ3) is 4.13. The van der Waals surface area contributed by atoms with Gasteiger partial charge in [0.1, 0.15) is 0 Å². The number of benzene rings is 1. The van der Waals surface area contributed by atoms with Gasteiger partial charge in [-0.15, -0.1) is 11.3 Å². The molecule has 118 valence electrons. The maximum atomic E-state index is 4.52. The third-order valence-electron chi connectivity index (χ3n) is 3.55. The van der Waals surface area contributed by atoms with Gasteiger partial charge in [0.25, 0.3) is 0 Å². The Morgan fingerprint density at radius 2 is 1.65 bits per heavy atom. The zero-order valence-corrected chi connectivity index (χ0v) is 14.4. The molecule has 0 fully saturated rings. The molecule has 0 spiro atoms. The van der Waals surface area contributed by atoms with Crippen LogP contribution in [-0.2, 0) is 6.42 Å². The Balaban J connectivity index is 1.58. The van der Waals surface area contributed by atoms with Crippen molar-refractivity contribution in [2.75, 3.05) is 11.9 Å². The highest BCUT2D eigenvalue weighted by Gasteiger charge is 2.03. The summed E-state index contributed by atoms with van der Waals surface area (Å²) >= 11 is 1.68. The second-order valence-corrected chi connectivity index (χ2v) is 6.66. The molecule has 1 N–H and O–H groups in total. The van der Waals surface area contributed by atoms with E-state index in [4.69, 9.17) is 0 Å². The van der Waals surface area contributed by atoms with E-state index < -0.39 is 0 Å². The topological polar surface area (TPSA) is 50.7 Å². The number of thiazole rings is 1. The Kier molecular flexibility index (Phi) is 4.67. The molecule has 0 saturated heterocycles. The summed E-state index contributed by atoms with van der Waals surface area (Å²) in [7, 11) is 0. The Hall–Kier alpha value is -2.27. The van der Waals surface area contributed by atoms with Gasteiger partial charge in [-0.05, 0) is 38.8 Å². The monoisotopic (exact) mass is 324 g/mol. The van der Waals surface area contributed by atoms with E-state index in [1.54, 1.807) is 11.3 Å². The van der Waals surface area contributed by atoms with Crippen molar-refractivity contribution in [3.8, 4) is 11.3 Å². The van der Waals surface area contributed by atoms with E-state index in [0.29, 0.717) is 5.95 Å². The average Bonchev–Trinajstić information content (AvgIpc) is 2.93. The van der Waals surface area contributed by atoms with Crippen molar-refractivity contribution in [2.45, 2.75) is 27.2 Å². The van der Waals surface area contributed by atoms with Crippen LogP contribution in [0.1, 0.15) is 22.0 Å². The van der Waals surface area contributed by atoms with E-state index >= 15 is 0 Å². The molecule has 0 saturated carbocycles. The molecular weight excluding hydrogens is 304 g/mol. The molecule has 3 aromatic rings. The number of aryl methyl sites for hydroxylation is 3. The van der Waals surface area contributed by atoms with E-state index in [1.807, 2.05) is 26.8 Å². The minimum absolute atomic E-state index is 0.706. The lowest BCUT2D eigenvalue weighted by Crippen LogP contribution is -2.09. The molecule has 2 aromatic heterocycles. The van der Waals surface area contributed by atoms with Gasteiger partial charge < -0.3 is 5.32 Å². The summed E-state index contributed by atoms with van der Waals surface area (Å²) in [6, 6.07) is 10.6. The third-order valence-corrected chi connectivity index (χ3v) is 4.32. The zero-order chi connectivity index (χ0) is 16.2. The number of hydrogen-bond donors (Lipinski definition) is 1. The molecule has 0 aliphatic heterocycles. The van der Waals surface area contributed by atoms with Crippen LogP contribution >= 0.6 is 11.3 Å². The van der Waals surface area contributed by atoms with Gasteiger partial charge in [-0.3, -0.25) is 0 Å². The number of nitrogens with zero attached hydrogens (tertiary/aromatic N) is 3. The first-order valence-electron chi connectivity index (χ1n) is 7.68. The molecule has 0 amide bonds. The van der Waals surface area contributed by atoms with Gasteiger partial charge in [0.15, 0.2) is 0 Å². The molecule has 3 rings (SSSR count). The molecule has 23 heavy (non-hydrogen) atoms. The lowest BCUT2D eigenvalue weighted by molar-refractivity contribution is 0.963. The quantitative estimate of drug-likeness (QED) is 0.765. The number of aromatic nitrogens is 3. The van der Waals surface area contributed by atoms with Crippen LogP contribution in [0.15, 0.2) is 35.7 Å². The highest BCUT2D eigenvalue weighted by atomic mass is 32.1. The van der Waals surface area contributed by atoms with Crippen molar-refractivity contribution in [3.63, 3.8) is 0 Å². The highest BCUT2D eigenvalue weighted by Crippen LogP contribution is 2.21. The molecule has 4 nitrogen and oxygen atoms in total. The van der Waals surface area contributed by atoms with Crippen LogP contribution in [0.3, 0.4) is 0 Å². The Labute approximate surface area is 140 Å². The van der Waals surface area contributed by atoms with Crippen molar-refractivity contribution in [1.29, 1.82) is 0 Å². The predicted octanol–water partition coefficient (Wildman–Crippen LogP) is 4.18. The lowest BCUT2D eigenvalue weighted by Gasteiger charge is -2.07. The average molecular weight is 324 g/mol. The Morgan fingerprint density at radius 3 is 2.26 bits per heavy atom. The van der Waals surface area contributed by atoms with Crippen molar-refractivity contribution >= 4 is 17.3 Å². The molecular formula is C18H20N4S. The maximum Gasteiger partial charge on any atom is 0.223 e. The second kappa shape index (κ2) is 6.87. The van der Waals surface area contributed by atoms with Crippen LogP contribution in [0.5, 0.6) is 0 Å². The molecule has 0 unspecified atom stereocenters. The highest BCUT2D eigenvalue weighted by molar-refractivity contribution is 7.09. The summed E-state index contributed by atoms with van der Waals surface area (Å²) < 4.78 is 0. The fraction of sp³-hybridized carbons (Fsp3) is 0.278. The molecule has 0 radical (unpaired) electrons. The van der Waals surface area contributed by atoms with E-state index in [9.17, 15) is 0 Å². The van der Waals surface area contributed by atoms with E-state index in [2.05, 4.69) is 49.9 Å². The predicted molar refractivity (Wildman–Crippen MR) is 96.0 cm³/mol. The van der Waals surface area contributed by atoms with Crippen LogP contribution in [0.2, 0.25) is 0 Å². The summed E-state index contributed by atoms with van der Waals surface area (Å²) in [5, 5.41) is 6.49. The summed E-state index contributed by atoms with van der Waals surface area (Å²) in [5.41, 5.74) is 5.49. The van der Waals surface area contributed by atoms with Crippen molar-refractivity contribution in [3.05, 3.63) is 57.7 Å². The van der Waals surface area contributed by atoms with E-state index in [1.165, 1.54) is 11.1 Å². The van der Waals surface area contributed by atoms with Gasteiger partial charge in [-0.2, -0.15) is 0 Å². The molecule has 0 aliphatic rings. The second-order valence-electron chi connectivity index (χ2n) is 5.60. The van der Waals surface area contributed by atoms with Crippen LogP contribution < -0.4 is 5.32 Å². The maximum absolute atomic E-state index is 4.52. The first-order chi connectivity index (χ1) is 11.1. The normalized spacial score (nSPS) is 10.7. The van der Waals surface area contributed by atoms with Gasteiger partial charge in [-0.25, -0.2) is 15.0 Å². The van der Waals surface area contributed by atoms with E-state index in [0.717, 1.165) is 35.1 Å². The number of hydrogen-bond acceptors (Lipinski definition) is 5. The lowest BCUT2D eigenvalue weighted by atomic mass is 10.1. The molecule has 5 heteroatoms. The summed E-state index contributed by atoms with van der Waals surface area (Å²) in [5.74, 6) is 0.706. The minimum Gasteiger partial charge on any atom is -0.354 e. The van der Waals surface area contributed by atoms with Crippen LogP contribution in [0.25, 0.3) is 11.3 Å². The van der Waals surface area contributed by atoms with Gasteiger partial charge in [-0.1, -0.05) is 24.3 Å². The Morgan fingerprint density at radius 1 is 0.957 bits per heavy atom. The fourth-order valence-electron chi connectivity index (χ4n) is 2.46. The van der Waals surface area contributed by atoms with Crippen LogP contribution in [0, 0.1) is 20.8 Å². The molecule has 2 heterocycles. The number of nitrogens with one attached hydrogen (secondary N) is 1. The molecule has 0 bridgehead atoms. The first kappa shape index (κ1) is 15.6. The molecule has 1 aromatic carbocycles. The summed E-state index contributed by atoms with van der Waals surface area (Å²) in [6.45, 7) is 6.82. The minimum atomic E-state index is 0.706. The van der Waals surface area contributed by atoms with Gasteiger partial charge in [0.05, 0.1) is 10.7 Å². The SMILES string of the molecule is Cc1cc(C)nc(NCCc2ccc(-c3csc(C)n3)cc2)n1. The van der Waals surface area contributed by atoms with Crippen LogP contribution in [-0.4, -0.2) is 21.5 Å². The largest absolute Gasteiger partial charge is 0.354 e. The Bertz CT molecular complexity index is 773. The van der Waals surface area contributed by atoms with Gasteiger partial charge in [0.2, 0.25) is 5.95 Å². The van der Waals surface area contributed by atoms with E-state index in [-0.39, 0.29) is 0 Å². The number of rotatable bonds is 5. The van der Waals surface area contributed by atoms with Gasteiger partial charge >= 0.3 is 0 Å². The van der Waals surface area contributed by atoms with Crippen molar-refractivity contribution in [2.24, 2.45) is 0 Å². The van der Waals surface area contributed by atoms with Crippen molar-refractivity contribution in [1.82, 2.24) is 15.0 Å². The molecule has 0 aliphatic carbocycles. The standard InChI is InChI=1S/C18H20N4S/c1-12-10-13(2)21-18(20-12)19-9-8-15-4-6-16(7-5-15)17-11-23-14(3)22-17/h4-7,10-11H,8-9H2,1-3H3,(H,19,20,21). The summed E-state index contributed by atoms with van der Waals surface area (Å²) in [6.07, 6.45) is 0.937. The van der Waals surface area contributed by atoms with Gasteiger partial charge in [0, 0.05) is 28.9 Å². The first-order valence-corrected chi connectivity index (χ1v) is 8.56. The number of anilines is 1. The zero-order valence-electron chi connectivity index (χ0n) is 13.6.